The molecule has 140 valence electrons. The fourth-order valence-corrected chi connectivity index (χ4v) is 4.57. The third-order valence-corrected chi connectivity index (χ3v) is 6.03. The number of hydrogen-bond donors (Lipinski definition) is 2. The molecule has 3 atom stereocenters. The maximum absolute atomic E-state index is 13.2. The molecule has 2 aliphatic rings. The van der Waals surface area contributed by atoms with Crippen LogP contribution in [0.5, 0.6) is 0 Å². The summed E-state index contributed by atoms with van der Waals surface area (Å²) >= 11 is 0. The molecule has 0 radical (unpaired) electrons. The summed E-state index contributed by atoms with van der Waals surface area (Å²) in [6.07, 6.45) is 4.17. The lowest BCUT2D eigenvalue weighted by Gasteiger charge is -2.42. The van der Waals surface area contributed by atoms with Gasteiger partial charge in [-0.05, 0) is 43.9 Å². The van der Waals surface area contributed by atoms with E-state index in [4.69, 9.17) is 9.84 Å². The Bertz CT molecular complexity index is 820. The van der Waals surface area contributed by atoms with Crippen molar-refractivity contribution in [1.82, 2.24) is 14.5 Å². The summed E-state index contributed by atoms with van der Waals surface area (Å²) in [6, 6.07) is 5.40. The quantitative estimate of drug-likeness (QED) is 0.856. The molecule has 26 heavy (non-hydrogen) atoms. The van der Waals surface area contributed by atoms with Crippen LogP contribution in [0.25, 0.3) is 11.0 Å². The fraction of sp³-hybridized carbons (Fsp3) is 0.579. The number of rotatable bonds is 4. The van der Waals surface area contributed by atoms with Gasteiger partial charge in [-0.2, -0.15) is 0 Å². The number of carbonyl (C=O) groups is 1. The lowest BCUT2D eigenvalue weighted by Crippen LogP contribution is -2.52. The van der Waals surface area contributed by atoms with Crippen molar-refractivity contribution in [3.8, 4) is 0 Å². The molecule has 1 aliphatic heterocycles. The van der Waals surface area contributed by atoms with Gasteiger partial charge < -0.3 is 24.4 Å². The van der Waals surface area contributed by atoms with Crippen molar-refractivity contribution < 1.29 is 19.7 Å². The van der Waals surface area contributed by atoms with E-state index < -0.39 is 0 Å². The van der Waals surface area contributed by atoms with Crippen molar-refractivity contribution in [3.05, 3.63) is 30.1 Å². The van der Waals surface area contributed by atoms with E-state index in [0.717, 1.165) is 30.3 Å². The SMILES string of the molecule is CO[C@]12CC[C@@H](O)C[C@H]1N(C(=O)c1ccc3c(c1)ncn3CCO)CC2. The van der Waals surface area contributed by atoms with Gasteiger partial charge in [-0.3, -0.25) is 4.79 Å². The summed E-state index contributed by atoms with van der Waals surface area (Å²) in [7, 11) is 1.71. The highest BCUT2D eigenvalue weighted by Gasteiger charge is 2.52. The molecule has 7 heteroatoms. The van der Waals surface area contributed by atoms with Crippen LogP contribution >= 0.6 is 0 Å². The van der Waals surface area contributed by atoms with Crippen LogP contribution in [-0.2, 0) is 11.3 Å². The topological polar surface area (TPSA) is 87.8 Å². The molecule has 1 saturated carbocycles. The van der Waals surface area contributed by atoms with Gasteiger partial charge in [0, 0.05) is 25.8 Å². The van der Waals surface area contributed by atoms with E-state index >= 15 is 0 Å². The predicted octanol–water partition coefficient (Wildman–Crippen LogP) is 1.17. The van der Waals surface area contributed by atoms with Gasteiger partial charge in [-0.25, -0.2) is 4.98 Å². The second-order valence-corrected chi connectivity index (χ2v) is 7.33. The Balaban J connectivity index is 1.62. The number of nitrogens with zero attached hydrogens (tertiary/aromatic N) is 3. The smallest absolute Gasteiger partial charge is 0.254 e. The van der Waals surface area contributed by atoms with Crippen LogP contribution in [0.4, 0.5) is 0 Å². The molecule has 1 aromatic heterocycles. The van der Waals surface area contributed by atoms with Gasteiger partial charge in [0.05, 0.1) is 41.7 Å². The number of carbonyl (C=O) groups excluding carboxylic acids is 1. The molecule has 2 N–H and O–H groups in total. The lowest BCUT2D eigenvalue weighted by atomic mass is 9.79. The number of likely N-dealkylation sites (tertiary alicyclic amines) is 1. The Morgan fingerprint density at radius 1 is 1.42 bits per heavy atom. The van der Waals surface area contributed by atoms with Crippen LogP contribution in [0.2, 0.25) is 0 Å². The van der Waals surface area contributed by atoms with E-state index in [9.17, 15) is 9.90 Å². The first kappa shape index (κ1) is 17.5. The Morgan fingerprint density at radius 3 is 3.04 bits per heavy atom. The van der Waals surface area contributed by atoms with Crippen LogP contribution in [-0.4, -0.2) is 68.6 Å². The number of imidazole rings is 1. The standard InChI is InChI=1S/C19H25N3O4/c1-26-19-5-4-14(24)11-17(19)22(7-6-19)18(25)13-2-3-16-15(10-13)20-12-21(16)8-9-23/h2-3,10,12,14,17,23-24H,4-9,11H2,1H3/t14-,17-,19+/m1/s1. The van der Waals surface area contributed by atoms with Crippen LogP contribution in [0.15, 0.2) is 24.5 Å². The minimum atomic E-state index is -0.381. The third kappa shape index (κ3) is 2.71. The van der Waals surface area contributed by atoms with Gasteiger partial charge in [0.25, 0.3) is 5.91 Å². The Labute approximate surface area is 152 Å². The molecule has 2 fully saturated rings. The first-order valence-electron chi connectivity index (χ1n) is 9.18. The van der Waals surface area contributed by atoms with E-state index in [1.54, 1.807) is 19.5 Å². The molecule has 2 aromatic rings. The zero-order chi connectivity index (χ0) is 18.3. The van der Waals surface area contributed by atoms with E-state index in [1.807, 2.05) is 21.6 Å². The van der Waals surface area contributed by atoms with Gasteiger partial charge in [-0.1, -0.05) is 0 Å². The zero-order valence-electron chi connectivity index (χ0n) is 15.0. The van der Waals surface area contributed by atoms with Gasteiger partial charge in [-0.15, -0.1) is 0 Å². The summed E-state index contributed by atoms with van der Waals surface area (Å²) in [5, 5.41) is 19.2. The number of methoxy groups -OCH3 is 1. The number of aliphatic hydroxyl groups excluding tert-OH is 2. The molecule has 1 aromatic carbocycles. The Morgan fingerprint density at radius 2 is 2.27 bits per heavy atom. The third-order valence-electron chi connectivity index (χ3n) is 6.03. The van der Waals surface area contributed by atoms with Gasteiger partial charge in [0.15, 0.2) is 0 Å². The van der Waals surface area contributed by atoms with E-state index in [0.29, 0.717) is 25.1 Å². The van der Waals surface area contributed by atoms with Crippen molar-refractivity contribution >= 4 is 16.9 Å². The lowest BCUT2D eigenvalue weighted by molar-refractivity contribution is -0.0824. The first-order chi connectivity index (χ1) is 12.6. The second kappa shape index (κ2) is 6.64. The van der Waals surface area contributed by atoms with Crippen molar-refractivity contribution in [1.29, 1.82) is 0 Å². The van der Waals surface area contributed by atoms with E-state index in [1.165, 1.54) is 0 Å². The minimum absolute atomic E-state index is 0.0402. The number of aromatic nitrogens is 2. The Kier molecular flexibility index (Phi) is 4.46. The van der Waals surface area contributed by atoms with Gasteiger partial charge >= 0.3 is 0 Å². The second-order valence-electron chi connectivity index (χ2n) is 7.33. The average Bonchev–Trinajstić information content (AvgIpc) is 3.23. The normalized spacial score (nSPS) is 28.5. The first-order valence-corrected chi connectivity index (χ1v) is 9.18. The van der Waals surface area contributed by atoms with E-state index in [-0.39, 0.29) is 30.3 Å². The van der Waals surface area contributed by atoms with Crippen molar-refractivity contribution in [2.24, 2.45) is 0 Å². The van der Waals surface area contributed by atoms with E-state index in [2.05, 4.69) is 4.98 Å². The largest absolute Gasteiger partial charge is 0.395 e. The molecular formula is C19H25N3O4. The molecule has 0 spiro atoms. The summed E-state index contributed by atoms with van der Waals surface area (Å²) in [6.45, 7) is 1.16. The average molecular weight is 359 g/mol. The summed E-state index contributed by atoms with van der Waals surface area (Å²) in [5.41, 5.74) is 1.90. The molecule has 1 amide bonds. The highest BCUT2D eigenvalue weighted by Crippen LogP contribution is 2.43. The monoisotopic (exact) mass is 359 g/mol. The molecule has 1 saturated heterocycles. The number of fused-ring (bicyclic) bond motifs is 2. The van der Waals surface area contributed by atoms with Crippen molar-refractivity contribution in [2.45, 2.75) is 50.0 Å². The van der Waals surface area contributed by atoms with Crippen LogP contribution in [0.3, 0.4) is 0 Å². The maximum atomic E-state index is 13.2. The van der Waals surface area contributed by atoms with Gasteiger partial charge in [0.2, 0.25) is 0 Å². The summed E-state index contributed by atoms with van der Waals surface area (Å²) in [4.78, 5) is 19.4. The summed E-state index contributed by atoms with van der Waals surface area (Å²) < 4.78 is 7.69. The fourth-order valence-electron chi connectivity index (χ4n) is 4.57. The number of amides is 1. The molecule has 4 rings (SSSR count). The number of benzene rings is 1. The van der Waals surface area contributed by atoms with Crippen molar-refractivity contribution in [3.63, 3.8) is 0 Å². The molecule has 2 heterocycles. The molecule has 0 unspecified atom stereocenters. The molecular weight excluding hydrogens is 334 g/mol. The van der Waals surface area contributed by atoms with Gasteiger partial charge in [0.1, 0.15) is 0 Å². The maximum Gasteiger partial charge on any atom is 0.254 e. The highest BCUT2D eigenvalue weighted by atomic mass is 16.5. The molecule has 7 nitrogen and oxygen atoms in total. The minimum Gasteiger partial charge on any atom is -0.395 e. The number of hydrogen-bond acceptors (Lipinski definition) is 5. The van der Waals surface area contributed by atoms with Crippen molar-refractivity contribution in [2.75, 3.05) is 20.3 Å². The van der Waals surface area contributed by atoms with Crippen LogP contribution < -0.4 is 0 Å². The number of ether oxygens (including phenoxy) is 1. The summed E-state index contributed by atoms with van der Waals surface area (Å²) in [5.74, 6) is -0.0402. The zero-order valence-corrected chi connectivity index (χ0v) is 15.0. The Hall–Kier alpha value is -1.96. The molecule has 1 aliphatic carbocycles. The molecule has 0 bridgehead atoms. The predicted molar refractivity (Wildman–Crippen MR) is 95.9 cm³/mol. The van der Waals surface area contributed by atoms with Crippen LogP contribution in [0, 0.1) is 0 Å². The number of aliphatic hydroxyl groups is 2. The highest BCUT2D eigenvalue weighted by molar-refractivity contribution is 5.97. The van der Waals surface area contributed by atoms with Crippen LogP contribution in [0.1, 0.15) is 36.0 Å².